The molecular formula is C14H23N3O3. The third kappa shape index (κ3) is 3.58. The maximum absolute atomic E-state index is 6.00. The van der Waals surface area contributed by atoms with Crippen molar-refractivity contribution in [1.29, 1.82) is 0 Å². The van der Waals surface area contributed by atoms with Crippen molar-refractivity contribution in [3.05, 3.63) is 11.8 Å². The molecule has 1 aromatic rings. The van der Waals surface area contributed by atoms with Gasteiger partial charge >= 0.3 is 0 Å². The van der Waals surface area contributed by atoms with E-state index in [1.165, 1.54) is 0 Å². The van der Waals surface area contributed by atoms with Crippen molar-refractivity contribution < 1.29 is 14.2 Å². The number of aromatic nitrogens is 2. The lowest BCUT2D eigenvalue weighted by molar-refractivity contribution is -0.106. The summed E-state index contributed by atoms with van der Waals surface area (Å²) >= 11 is 0. The van der Waals surface area contributed by atoms with Crippen LogP contribution >= 0.6 is 0 Å². The molecule has 20 heavy (non-hydrogen) atoms. The molecule has 1 atom stereocenters. The van der Waals surface area contributed by atoms with E-state index in [-0.39, 0.29) is 11.7 Å². The number of hydrogen-bond donors (Lipinski definition) is 0. The molecule has 6 heteroatoms. The standard InChI is InChI=1S/C14H23N3O3/c1-10-6-12(19-5)16-13(15-10)17-7-11(8-18-4)20-14(2,3)9-17/h6,11H,7-9H2,1-5H3. The van der Waals surface area contributed by atoms with Crippen LogP contribution in [0.15, 0.2) is 6.07 Å². The van der Waals surface area contributed by atoms with E-state index in [0.29, 0.717) is 25.0 Å². The number of nitrogens with zero attached hydrogens (tertiary/aromatic N) is 3. The van der Waals surface area contributed by atoms with E-state index >= 15 is 0 Å². The number of hydrogen-bond acceptors (Lipinski definition) is 6. The Morgan fingerprint density at radius 3 is 2.80 bits per heavy atom. The van der Waals surface area contributed by atoms with Crippen LogP contribution in [0.2, 0.25) is 0 Å². The van der Waals surface area contributed by atoms with Gasteiger partial charge in [-0.15, -0.1) is 0 Å². The van der Waals surface area contributed by atoms with Crippen LogP contribution < -0.4 is 9.64 Å². The number of aryl methyl sites for hydroxylation is 1. The summed E-state index contributed by atoms with van der Waals surface area (Å²) < 4.78 is 16.4. The lowest BCUT2D eigenvalue weighted by atomic mass is 10.1. The van der Waals surface area contributed by atoms with Gasteiger partial charge in [0, 0.05) is 32.0 Å². The Morgan fingerprint density at radius 2 is 2.15 bits per heavy atom. The largest absolute Gasteiger partial charge is 0.481 e. The zero-order valence-electron chi connectivity index (χ0n) is 12.8. The van der Waals surface area contributed by atoms with Crippen molar-refractivity contribution in [2.24, 2.45) is 0 Å². The average Bonchev–Trinajstić information content (AvgIpc) is 2.36. The first-order valence-corrected chi connectivity index (χ1v) is 6.75. The minimum absolute atomic E-state index is 0.0128. The molecule has 0 spiro atoms. The molecule has 1 aromatic heterocycles. The summed E-state index contributed by atoms with van der Waals surface area (Å²) in [6.45, 7) is 8.07. The van der Waals surface area contributed by atoms with E-state index in [9.17, 15) is 0 Å². The van der Waals surface area contributed by atoms with Crippen LogP contribution in [0, 0.1) is 6.92 Å². The van der Waals surface area contributed by atoms with Crippen molar-refractivity contribution in [3.8, 4) is 5.88 Å². The Morgan fingerprint density at radius 1 is 1.40 bits per heavy atom. The third-order valence-electron chi connectivity index (χ3n) is 3.14. The minimum atomic E-state index is -0.262. The molecule has 2 heterocycles. The molecule has 2 rings (SSSR count). The van der Waals surface area contributed by atoms with Crippen LogP contribution in [0.25, 0.3) is 0 Å². The molecule has 6 nitrogen and oxygen atoms in total. The van der Waals surface area contributed by atoms with E-state index in [1.54, 1.807) is 14.2 Å². The molecule has 0 amide bonds. The summed E-state index contributed by atoms with van der Waals surface area (Å²) in [6, 6.07) is 1.82. The van der Waals surface area contributed by atoms with Crippen LogP contribution in [0.1, 0.15) is 19.5 Å². The van der Waals surface area contributed by atoms with Crippen LogP contribution in [-0.4, -0.2) is 55.6 Å². The molecule has 0 aliphatic carbocycles. The van der Waals surface area contributed by atoms with Gasteiger partial charge in [-0.3, -0.25) is 0 Å². The van der Waals surface area contributed by atoms with Crippen molar-refractivity contribution >= 4 is 5.95 Å². The fourth-order valence-corrected chi connectivity index (χ4v) is 2.49. The number of anilines is 1. The van der Waals surface area contributed by atoms with Gasteiger partial charge in [0.15, 0.2) is 0 Å². The Balaban J connectivity index is 2.24. The highest BCUT2D eigenvalue weighted by Gasteiger charge is 2.34. The number of ether oxygens (including phenoxy) is 3. The molecule has 0 aromatic carbocycles. The SMILES string of the molecule is COCC1CN(c2nc(C)cc(OC)n2)CC(C)(C)O1. The summed E-state index contributed by atoms with van der Waals surface area (Å²) in [4.78, 5) is 11.1. The lowest BCUT2D eigenvalue weighted by Crippen LogP contribution is -2.54. The van der Waals surface area contributed by atoms with Gasteiger partial charge in [0.05, 0.1) is 25.4 Å². The van der Waals surface area contributed by atoms with Gasteiger partial charge < -0.3 is 19.1 Å². The van der Waals surface area contributed by atoms with Crippen LogP contribution in [0.5, 0.6) is 5.88 Å². The summed E-state index contributed by atoms with van der Waals surface area (Å²) in [6.07, 6.45) is 0.0128. The van der Waals surface area contributed by atoms with Crippen molar-refractivity contribution in [2.75, 3.05) is 38.8 Å². The highest BCUT2D eigenvalue weighted by molar-refractivity contribution is 5.36. The Hall–Kier alpha value is -1.40. The predicted octanol–water partition coefficient (Wildman–Crippen LogP) is 1.42. The third-order valence-corrected chi connectivity index (χ3v) is 3.14. The molecule has 112 valence electrons. The molecule has 1 aliphatic heterocycles. The Kier molecular flexibility index (Phi) is 4.45. The molecular weight excluding hydrogens is 258 g/mol. The summed E-state index contributed by atoms with van der Waals surface area (Å²) in [5.41, 5.74) is 0.626. The zero-order chi connectivity index (χ0) is 14.8. The second-order valence-corrected chi connectivity index (χ2v) is 5.69. The summed E-state index contributed by atoms with van der Waals surface area (Å²) in [5.74, 6) is 1.26. The topological polar surface area (TPSA) is 56.7 Å². The first kappa shape index (κ1) is 15.0. The molecule has 1 saturated heterocycles. The normalized spacial score (nSPS) is 21.9. The fourth-order valence-electron chi connectivity index (χ4n) is 2.49. The van der Waals surface area contributed by atoms with Gasteiger partial charge in [0.1, 0.15) is 0 Å². The van der Waals surface area contributed by atoms with E-state index in [4.69, 9.17) is 14.2 Å². The van der Waals surface area contributed by atoms with Crippen LogP contribution in [0.3, 0.4) is 0 Å². The zero-order valence-corrected chi connectivity index (χ0v) is 12.8. The molecule has 1 fully saturated rings. The van der Waals surface area contributed by atoms with Gasteiger partial charge in [-0.2, -0.15) is 4.98 Å². The first-order chi connectivity index (χ1) is 9.43. The Bertz CT molecular complexity index is 465. The molecule has 0 radical (unpaired) electrons. The van der Waals surface area contributed by atoms with Crippen LogP contribution in [-0.2, 0) is 9.47 Å². The minimum Gasteiger partial charge on any atom is -0.481 e. The number of methoxy groups -OCH3 is 2. The van der Waals surface area contributed by atoms with Crippen molar-refractivity contribution in [1.82, 2.24) is 9.97 Å². The second-order valence-electron chi connectivity index (χ2n) is 5.69. The van der Waals surface area contributed by atoms with Gasteiger partial charge in [0.25, 0.3) is 0 Å². The average molecular weight is 281 g/mol. The molecule has 1 unspecified atom stereocenters. The summed E-state index contributed by atoms with van der Waals surface area (Å²) in [5, 5.41) is 0. The Labute approximate surface area is 120 Å². The van der Waals surface area contributed by atoms with Gasteiger partial charge in [-0.1, -0.05) is 0 Å². The molecule has 1 aliphatic rings. The number of rotatable bonds is 4. The first-order valence-electron chi connectivity index (χ1n) is 6.75. The monoisotopic (exact) mass is 281 g/mol. The van der Waals surface area contributed by atoms with Gasteiger partial charge in [-0.05, 0) is 20.8 Å². The van der Waals surface area contributed by atoms with E-state index < -0.39 is 0 Å². The molecule has 0 N–H and O–H groups in total. The smallest absolute Gasteiger partial charge is 0.229 e. The van der Waals surface area contributed by atoms with E-state index in [1.807, 2.05) is 13.0 Å². The highest BCUT2D eigenvalue weighted by Crippen LogP contribution is 2.25. The lowest BCUT2D eigenvalue weighted by Gasteiger charge is -2.42. The van der Waals surface area contributed by atoms with E-state index in [0.717, 1.165) is 12.2 Å². The van der Waals surface area contributed by atoms with Gasteiger partial charge in [-0.25, -0.2) is 4.98 Å². The molecule has 0 saturated carbocycles. The summed E-state index contributed by atoms with van der Waals surface area (Å²) in [7, 11) is 3.30. The van der Waals surface area contributed by atoms with E-state index in [2.05, 4.69) is 28.7 Å². The highest BCUT2D eigenvalue weighted by atomic mass is 16.5. The second kappa shape index (κ2) is 5.93. The fraction of sp³-hybridized carbons (Fsp3) is 0.714. The molecule has 0 bridgehead atoms. The number of morpholine rings is 1. The van der Waals surface area contributed by atoms with Gasteiger partial charge in [0.2, 0.25) is 11.8 Å². The maximum Gasteiger partial charge on any atom is 0.229 e. The predicted molar refractivity (Wildman–Crippen MR) is 76.4 cm³/mol. The van der Waals surface area contributed by atoms with Crippen molar-refractivity contribution in [2.45, 2.75) is 32.5 Å². The van der Waals surface area contributed by atoms with Crippen molar-refractivity contribution in [3.63, 3.8) is 0 Å². The maximum atomic E-state index is 6.00. The van der Waals surface area contributed by atoms with Crippen LogP contribution in [0.4, 0.5) is 5.95 Å². The quantitative estimate of drug-likeness (QED) is 0.832.